The number of hydrogen-bond acceptors (Lipinski definition) is 3. The van der Waals surface area contributed by atoms with Crippen molar-refractivity contribution < 1.29 is 13.5 Å². The highest BCUT2D eigenvalue weighted by molar-refractivity contribution is 7.89. The van der Waals surface area contributed by atoms with Crippen LogP contribution in [0.15, 0.2) is 29.2 Å². The highest BCUT2D eigenvalue weighted by Gasteiger charge is 2.31. The third kappa shape index (κ3) is 2.63. The van der Waals surface area contributed by atoms with Crippen molar-refractivity contribution >= 4 is 21.6 Å². The average molecular weight is 276 g/mol. The molecule has 0 aromatic heterocycles. The summed E-state index contributed by atoms with van der Waals surface area (Å²) in [5, 5.41) is 9.53. The quantitative estimate of drug-likeness (QED) is 0.906. The summed E-state index contributed by atoms with van der Waals surface area (Å²) in [4.78, 5) is 0.250. The summed E-state index contributed by atoms with van der Waals surface area (Å²) in [6.07, 6.45) is 0.712. The van der Waals surface area contributed by atoms with Crippen LogP contribution in [0, 0.1) is 5.92 Å². The second-order valence-corrected chi connectivity index (χ2v) is 6.53. The maximum atomic E-state index is 12.2. The number of benzene rings is 1. The van der Waals surface area contributed by atoms with Crippen molar-refractivity contribution in [1.29, 1.82) is 0 Å². The van der Waals surface area contributed by atoms with Crippen LogP contribution in [0.2, 0.25) is 5.02 Å². The van der Waals surface area contributed by atoms with Crippen LogP contribution in [0.1, 0.15) is 6.42 Å². The second kappa shape index (κ2) is 4.94. The van der Waals surface area contributed by atoms with Gasteiger partial charge in [0.15, 0.2) is 0 Å². The van der Waals surface area contributed by atoms with Gasteiger partial charge in [0.05, 0.1) is 4.90 Å². The monoisotopic (exact) mass is 275 g/mol. The maximum Gasteiger partial charge on any atom is 0.243 e. The Bertz CT molecular complexity index is 486. The topological polar surface area (TPSA) is 57.6 Å². The van der Waals surface area contributed by atoms with E-state index in [9.17, 15) is 8.42 Å². The Labute approximate surface area is 106 Å². The number of rotatable bonds is 3. The van der Waals surface area contributed by atoms with Crippen LogP contribution in [0.25, 0.3) is 0 Å². The lowest BCUT2D eigenvalue weighted by Gasteiger charge is -2.16. The maximum absolute atomic E-state index is 12.2. The van der Waals surface area contributed by atoms with Crippen molar-refractivity contribution in [3.63, 3.8) is 0 Å². The van der Waals surface area contributed by atoms with Crippen LogP contribution in [0.4, 0.5) is 0 Å². The summed E-state index contributed by atoms with van der Waals surface area (Å²) >= 11 is 5.73. The largest absolute Gasteiger partial charge is 0.396 e. The van der Waals surface area contributed by atoms with E-state index < -0.39 is 10.0 Å². The van der Waals surface area contributed by atoms with E-state index in [0.717, 1.165) is 0 Å². The van der Waals surface area contributed by atoms with Gasteiger partial charge in [-0.15, -0.1) is 0 Å². The van der Waals surface area contributed by atoms with E-state index in [1.165, 1.54) is 16.4 Å². The van der Waals surface area contributed by atoms with Gasteiger partial charge in [0.2, 0.25) is 10.0 Å². The number of nitrogens with zero attached hydrogens (tertiary/aromatic N) is 1. The fourth-order valence-electron chi connectivity index (χ4n) is 1.92. The van der Waals surface area contributed by atoms with Crippen LogP contribution in [-0.2, 0) is 10.0 Å². The van der Waals surface area contributed by atoms with Crippen LogP contribution >= 0.6 is 11.6 Å². The molecule has 1 aliphatic heterocycles. The molecule has 1 fully saturated rings. The molecule has 1 aliphatic rings. The molecular formula is C11H14ClNO3S. The molecule has 0 spiro atoms. The van der Waals surface area contributed by atoms with Gasteiger partial charge in [-0.05, 0) is 36.6 Å². The van der Waals surface area contributed by atoms with Gasteiger partial charge >= 0.3 is 0 Å². The Morgan fingerprint density at radius 2 is 2.00 bits per heavy atom. The first-order valence-electron chi connectivity index (χ1n) is 5.40. The predicted molar refractivity (Wildman–Crippen MR) is 65.4 cm³/mol. The van der Waals surface area contributed by atoms with E-state index in [-0.39, 0.29) is 17.4 Å². The van der Waals surface area contributed by atoms with Gasteiger partial charge in [-0.2, -0.15) is 4.31 Å². The highest BCUT2D eigenvalue weighted by Crippen LogP contribution is 2.24. The standard InChI is InChI=1S/C11H14ClNO3S/c12-10-1-3-11(4-2-10)17(15,16)13-6-5-9(7-13)8-14/h1-4,9,14H,5-8H2. The molecule has 0 saturated carbocycles. The summed E-state index contributed by atoms with van der Waals surface area (Å²) in [6, 6.07) is 6.13. The smallest absolute Gasteiger partial charge is 0.243 e. The molecule has 17 heavy (non-hydrogen) atoms. The second-order valence-electron chi connectivity index (χ2n) is 4.15. The Hall–Kier alpha value is -0.620. The molecule has 1 unspecified atom stereocenters. The summed E-state index contributed by atoms with van der Waals surface area (Å²) in [7, 11) is -3.43. The van der Waals surface area contributed by atoms with E-state index in [1.54, 1.807) is 12.1 Å². The van der Waals surface area contributed by atoms with Crippen molar-refractivity contribution in [2.24, 2.45) is 5.92 Å². The number of aliphatic hydroxyl groups excluding tert-OH is 1. The van der Waals surface area contributed by atoms with Crippen LogP contribution < -0.4 is 0 Å². The SMILES string of the molecule is O=S(=O)(c1ccc(Cl)cc1)N1CCC(CO)C1. The number of halogens is 1. The van der Waals surface area contributed by atoms with Gasteiger partial charge in [0.1, 0.15) is 0 Å². The van der Waals surface area contributed by atoms with Gasteiger partial charge in [-0.1, -0.05) is 11.6 Å². The van der Waals surface area contributed by atoms with E-state index in [1.807, 2.05) is 0 Å². The molecule has 1 heterocycles. The molecule has 1 atom stereocenters. The summed E-state index contributed by atoms with van der Waals surface area (Å²) in [5.74, 6) is 0.0528. The third-order valence-corrected chi connectivity index (χ3v) is 5.09. The Balaban J connectivity index is 2.22. The van der Waals surface area contributed by atoms with E-state index in [0.29, 0.717) is 24.5 Å². The third-order valence-electron chi connectivity index (χ3n) is 2.96. The first-order chi connectivity index (χ1) is 8.04. The van der Waals surface area contributed by atoms with Crippen molar-refractivity contribution in [2.45, 2.75) is 11.3 Å². The van der Waals surface area contributed by atoms with E-state index in [4.69, 9.17) is 16.7 Å². The average Bonchev–Trinajstić information content (AvgIpc) is 2.78. The molecule has 94 valence electrons. The van der Waals surface area contributed by atoms with Crippen LogP contribution in [0.3, 0.4) is 0 Å². The molecule has 4 nitrogen and oxygen atoms in total. The minimum Gasteiger partial charge on any atom is -0.396 e. The normalized spacial score (nSPS) is 21.9. The van der Waals surface area contributed by atoms with Crippen molar-refractivity contribution in [1.82, 2.24) is 4.31 Å². The predicted octanol–water partition coefficient (Wildman–Crippen LogP) is 1.34. The van der Waals surface area contributed by atoms with Gasteiger partial charge in [0, 0.05) is 24.7 Å². The van der Waals surface area contributed by atoms with Gasteiger partial charge in [-0.3, -0.25) is 0 Å². The Morgan fingerprint density at radius 3 is 2.53 bits per heavy atom. The van der Waals surface area contributed by atoms with Crippen molar-refractivity contribution in [3.8, 4) is 0 Å². The van der Waals surface area contributed by atoms with Gasteiger partial charge in [-0.25, -0.2) is 8.42 Å². The first-order valence-corrected chi connectivity index (χ1v) is 7.22. The molecule has 0 radical (unpaired) electrons. The summed E-state index contributed by atoms with van der Waals surface area (Å²) in [6.45, 7) is 0.893. The molecule has 1 N–H and O–H groups in total. The number of sulfonamides is 1. The summed E-state index contributed by atoms with van der Waals surface area (Å²) < 4.78 is 25.8. The number of hydrogen-bond donors (Lipinski definition) is 1. The van der Waals surface area contributed by atoms with Gasteiger partial charge in [0.25, 0.3) is 0 Å². The molecular weight excluding hydrogens is 262 g/mol. The molecule has 2 rings (SSSR count). The fraction of sp³-hybridized carbons (Fsp3) is 0.455. The first kappa shape index (κ1) is 12.8. The van der Waals surface area contributed by atoms with E-state index >= 15 is 0 Å². The Morgan fingerprint density at radius 1 is 1.35 bits per heavy atom. The molecule has 1 aromatic carbocycles. The van der Waals surface area contributed by atoms with Crippen LogP contribution in [-0.4, -0.2) is 37.5 Å². The fourth-order valence-corrected chi connectivity index (χ4v) is 3.58. The minimum absolute atomic E-state index is 0.0344. The molecule has 1 aromatic rings. The van der Waals surface area contributed by atoms with Crippen molar-refractivity contribution in [3.05, 3.63) is 29.3 Å². The molecule has 6 heteroatoms. The molecule has 1 saturated heterocycles. The number of aliphatic hydroxyl groups is 1. The summed E-state index contributed by atoms with van der Waals surface area (Å²) in [5.41, 5.74) is 0. The molecule has 0 amide bonds. The lowest BCUT2D eigenvalue weighted by Crippen LogP contribution is -2.29. The molecule has 0 aliphatic carbocycles. The zero-order valence-electron chi connectivity index (χ0n) is 9.21. The highest BCUT2D eigenvalue weighted by atomic mass is 35.5. The van der Waals surface area contributed by atoms with Crippen molar-refractivity contribution in [2.75, 3.05) is 19.7 Å². The Kier molecular flexibility index (Phi) is 3.73. The lowest BCUT2D eigenvalue weighted by molar-refractivity contribution is 0.233. The van der Waals surface area contributed by atoms with Crippen LogP contribution in [0.5, 0.6) is 0 Å². The molecule has 0 bridgehead atoms. The minimum atomic E-state index is -3.43. The lowest BCUT2D eigenvalue weighted by atomic mass is 10.1. The van der Waals surface area contributed by atoms with Gasteiger partial charge < -0.3 is 5.11 Å². The zero-order chi connectivity index (χ0) is 12.5. The van der Waals surface area contributed by atoms with E-state index in [2.05, 4.69) is 0 Å². The zero-order valence-corrected chi connectivity index (χ0v) is 10.8.